The number of nitrogens with zero attached hydrogens (tertiary/aromatic N) is 3. The molecule has 0 radical (unpaired) electrons. The van der Waals surface area contributed by atoms with Gasteiger partial charge in [0.05, 0.1) is 34.8 Å². The fraction of sp³-hybridized carbons (Fsp3) is 0.720. The van der Waals surface area contributed by atoms with Crippen molar-refractivity contribution in [1.29, 1.82) is 0 Å². The third-order valence-corrected chi connectivity index (χ3v) is 16.7. The molecule has 10 heteroatoms. The monoisotopic (exact) mass is 524 g/mol. The van der Waals surface area contributed by atoms with E-state index in [1.807, 2.05) is 26.8 Å². The topological polar surface area (TPSA) is 91.3 Å². The molecule has 2 aromatic rings. The highest BCUT2D eigenvalue weighted by atomic mass is 28.3. The summed E-state index contributed by atoms with van der Waals surface area (Å²) in [6.45, 7) is 28.3. The Morgan fingerprint density at radius 3 is 1.83 bits per heavy atom. The molecule has 1 N–H and O–H groups in total. The summed E-state index contributed by atoms with van der Waals surface area (Å²) in [5.41, 5.74) is -0.537. The van der Waals surface area contributed by atoms with E-state index in [-0.39, 0.29) is 5.04 Å². The van der Waals surface area contributed by atoms with Crippen molar-refractivity contribution in [2.45, 2.75) is 104 Å². The second-order valence-electron chi connectivity index (χ2n) is 13.3. The van der Waals surface area contributed by atoms with Crippen LogP contribution in [-0.2, 0) is 4.74 Å². The van der Waals surface area contributed by atoms with Crippen LogP contribution in [0.3, 0.4) is 0 Å². The van der Waals surface area contributed by atoms with E-state index >= 15 is 0 Å². The Morgan fingerprint density at radius 1 is 0.886 bits per heavy atom. The molecule has 0 atom stereocenters. The van der Waals surface area contributed by atoms with E-state index in [1.165, 1.54) is 4.68 Å². The predicted octanol–water partition coefficient (Wildman–Crippen LogP) is 6.93. The molecule has 2 rings (SSSR count). The molecule has 0 unspecified atom stereocenters. The van der Waals surface area contributed by atoms with Gasteiger partial charge in [-0.05, 0) is 30.8 Å². The average molecular weight is 525 g/mol. The van der Waals surface area contributed by atoms with E-state index in [9.17, 15) is 4.79 Å². The second kappa shape index (κ2) is 11.3. The Labute approximate surface area is 214 Å². The van der Waals surface area contributed by atoms with Crippen LogP contribution in [-0.4, -0.2) is 60.3 Å². The molecule has 2 aromatic heterocycles. The van der Waals surface area contributed by atoms with Crippen LogP contribution in [0.15, 0.2) is 24.5 Å². The number of aromatic nitrogens is 4. The second-order valence-corrected chi connectivity index (χ2v) is 24.5. The number of hydrogen-bond acceptors (Lipinski definition) is 6. The molecule has 0 fully saturated rings. The smallest absolute Gasteiger partial charge is 0.435 e. The zero-order valence-corrected chi connectivity index (χ0v) is 26.2. The average Bonchev–Trinajstić information content (AvgIpc) is 3.34. The Hall–Kier alpha value is -2.08. The summed E-state index contributed by atoms with van der Waals surface area (Å²) in [7, 11) is -2.86. The fourth-order valence-corrected chi connectivity index (χ4v) is 3.95. The SMILES string of the molecule is CC(C)(C)OC(=O)n1ccc(OC[Si](C)(C)C(C)(C)C)n1.CC(C)(C)[Si](C)(C)COc1ccn[nH]1. The van der Waals surface area contributed by atoms with Crippen molar-refractivity contribution in [3.8, 4) is 11.8 Å². The van der Waals surface area contributed by atoms with Gasteiger partial charge in [-0.25, -0.2) is 9.89 Å². The Kier molecular flexibility index (Phi) is 10.0. The lowest BCUT2D eigenvalue weighted by Gasteiger charge is -2.36. The highest BCUT2D eigenvalue weighted by Gasteiger charge is 2.37. The van der Waals surface area contributed by atoms with Crippen molar-refractivity contribution < 1.29 is 19.0 Å². The zero-order valence-electron chi connectivity index (χ0n) is 24.2. The van der Waals surface area contributed by atoms with E-state index in [2.05, 4.69) is 83.0 Å². The third kappa shape index (κ3) is 10.2. The molecule has 0 aliphatic rings. The Morgan fingerprint density at radius 2 is 1.40 bits per heavy atom. The minimum absolute atomic E-state index is 0.251. The molecule has 2 heterocycles. The first-order valence-electron chi connectivity index (χ1n) is 12.2. The predicted molar refractivity (Wildman–Crippen MR) is 148 cm³/mol. The van der Waals surface area contributed by atoms with E-state index in [1.54, 1.807) is 18.5 Å². The van der Waals surface area contributed by atoms with Gasteiger partial charge in [0.25, 0.3) is 0 Å². The van der Waals surface area contributed by atoms with Gasteiger partial charge < -0.3 is 14.2 Å². The standard InChI is InChI=1S/C15H28N2O3Si.C10H20N2OSi/c1-14(2,3)20-13(18)17-10-9-12(16-17)19-11-21(7,8)15(4,5)6;1-10(2,3)14(4,5)8-13-9-6-7-11-12-9/h9-10H,11H2,1-8H3;6-7H,8H2,1-5H3,(H,11,12). The van der Waals surface area contributed by atoms with Gasteiger partial charge in [-0.3, -0.25) is 0 Å². The number of carbonyl (C=O) groups excluding carboxylic acids is 1. The molecule has 200 valence electrons. The van der Waals surface area contributed by atoms with Gasteiger partial charge in [0.2, 0.25) is 11.8 Å². The number of ether oxygens (including phenoxy) is 3. The number of rotatable bonds is 6. The minimum Gasteiger partial charge on any atom is -0.482 e. The number of nitrogens with one attached hydrogen (secondary N) is 1. The summed E-state index contributed by atoms with van der Waals surface area (Å²) in [5.74, 6) is 1.24. The quantitative estimate of drug-likeness (QED) is 0.412. The normalized spacial score (nSPS) is 13.1. The van der Waals surface area contributed by atoms with Gasteiger partial charge in [0.15, 0.2) is 0 Å². The summed E-state index contributed by atoms with van der Waals surface area (Å²) < 4.78 is 17.9. The molecular weight excluding hydrogens is 476 g/mol. The van der Waals surface area contributed by atoms with Crippen molar-refractivity contribution in [2.75, 3.05) is 12.5 Å². The van der Waals surface area contributed by atoms with Crippen molar-refractivity contribution in [1.82, 2.24) is 20.0 Å². The van der Waals surface area contributed by atoms with Crippen molar-refractivity contribution in [3.63, 3.8) is 0 Å². The summed E-state index contributed by atoms with van der Waals surface area (Å²) in [6.07, 6.45) is 4.28. The van der Waals surface area contributed by atoms with Crippen LogP contribution in [0.4, 0.5) is 4.79 Å². The number of hydrogen-bond donors (Lipinski definition) is 1. The molecule has 8 nitrogen and oxygen atoms in total. The first-order valence-corrected chi connectivity index (χ1v) is 18.6. The summed E-state index contributed by atoms with van der Waals surface area (Å²) in [6, 6.07) is 3.55. The molecule has 0 aromatic carbocycles. The molecule has 0 saturated carbocycles. The Balaban J connectivity index is 0.000000379. The molecule has 0 saturated heterocycles. The molecule has 0 amide bonds. The Bertz CT molecular complexity index is 919. The van der Waals surface area contributed by atoms with Gasteiger partial charge in [-0.1, -0.05) is 67.7 Å². The lowest BCUT2D eigenvalue weighted by atomic mass is 10.2. The van der Waals surface area contributed by atoms with E-state index < -0.39 is 27.8 Å². The molecular formula is C25H48N4O4Si2. The van der Waals surface area contributed by atoms with Gasteiger partial charge in [-0.2, -0.15) is 9.78 Å². The molecule has 0 bridgehead atoms. The first-order chi connectivity index (χ1) is 15.6. The third-order valence-electron chi connectivity index (χ3n) is 6.85. The lowest BCUT2D eigenvalue weighted by molar-refractivity contribution is 0.0512. The van der Waals surface area contributed by atoms with Crippen LogP contribution < -0.4 is 9.47 Å². The summed E-state index contributed by atoms with van der Waals surface area (Å²) in [5, 5.41) is 11.4. The maximum absolute atomic E-state index is 11.9. The summed E-state index contributed by atoms with van der Waals surface area (Å²) >= 11 is 0. The van der Waals surface area contributed by atoms with Crippen LogP contribution in [0, 0.1) is 0 Å². The van der Waals surface area contributed by atoms with Crippen LogP contribution >= 0.6 is 0 Å². The molecule has 0 spiro atoms. The molecule has 35 heavy (non-hydrogen) atoms. The van der Waals surface area contributed by atoms with Gasteiger partial charge in [0.1, 0.15) is 5.60 Å². The highest BCUT2D eigenvalue weighted by Crippen LogP contribution is 2.36. The molecule has 0 aliphatic heterocycles. The van der Waals surface area contributed by atoms with Crippen molar-refractivity contribution in [3.05, 3.63) is 24.5 Å². The lowest BCUT2D eigenvalue weighted by Crippen LogP contribution is -2.43. The van der Waals surface area contributed by atoms with Crippen molar-refractivity contribution in [2.24, 2.45) is 0 Å². The van der Waals surface area contributed by atoms with Crippen LogP contribution in [0.2, 0.25) is 36.3 Å². The van der Waals surface area contributed by atoms with Gasteiger partial charge >= 0.3 is 6.09 Å². The molecule has 0 aliphatic carbocycles. The highest BCUT2D eigenvalue weighted by molar-refractivity contribution is 6.80. The fourth-order valence-electron chi connectivity index (χ4n) is 2.06. The summed E-state index contributed by atoms with van der Waals surface area (Å²) in [4.78, 5) is 11.9. The van der Waals surface area contributed by atoms with Crippen LogP contribution in [0.1, 0.15) is 62.3 Å². The number of carbonyl (C=O) groups is 1. The van der Waals surface area contributed by atoms with Crippen molar-refractivity contribution >= 4 is 22.2 Å². The van der Waals surface area contributed by atoms with Crippen LogP contribution in [0.5, 0.6) is 11.8 Å². The maximum Gasteiger partial charge on any atom is 0.435 e. The van der Waals surface area contributed by atoms with Gasteiger partial charge in [-0.15, -0.1) is 5.10 Å². The maximum atomic E-state index is 11.9. The zero-order chi connectivity index (χ0) is 27.3. The number of H-pyrrole nitrogens is 1. The van der Waals surface area contributed by atoms with E-state index in [0.29, 0.717) is 17.1 Å². The number of aromatic amines is 1. The van der Waals surface area contributed by atoms with E-state index in [4.69, 9.17) is 14.2 Å². The minimum atomic E-state index is -1.53. The van der Waals surface area contributed by atoms with Crippen LogP contribution in [0.25, 0.3) is 0 Å². The largest absolute Gasteiger partial charge is 0.482 e. The van der Waals surface area contributed by atoms with Gasteiger partial charge in [0, 0.05) is 18.3 Å². The first kappa shape index (κ1) is 31.0. The van der Waals surface area contributed by atoms with E-state index in [0.717, 1.165) is 12.1 Å².